The summed E-state index contributed by atoms with van der Waals surface area (Å²) in [5, 5.41) is 7.38. The number of amidine groups is 1. The van der Waals surface area contributed by atoms with E-state index in [1.165, 1.54) is 0 Å². The number of hydrogen-bond acceptors (Lipinski definition) is 2. The molecule has 4 heteroatoms. The Balaban J connectivity index is 2.64. The zero-order chi connectivity index (χ0) is 8.81. The predicted octanol–water partition coefficient (Wildman–Crippen LogP) is 0.504. The van der Waals surface area contributed by atoms with Gasteiger partial charge in [0.05, 0.1) is 0 Å². The van der Waals surface area contributed by atoms with Gasteiger partial charge in [0.15, 0.2) is 0 Å². The van der Waals surface area contributed by atoms with Crippen LogP contribution in [-0.4, -0.2) is 27.0 Å². The number of hydrogen-bond donors (Lipinski definition) is 1. The number of nitrogens with two attached hydrogens (primary N) is 1. The standard InChI is InChI=1S/C8H8N3Se/c9-8(12)11-10-6-7-4-2-1-3-5-7/h1-6H,(H2,9,11). The van der Waals surface area contributed by atoms with Gasteiger partial charge in [-0.05, 0) is 0 Å². The van der Waals surface area contributed by atoms with Crippen molar-refractivity contribution in [3.63, 3.8) is 0 Å². The SMILES string of the molecule is NC([Se])=NN=Cc1ccccc1. The predicted molar refractivity (Wildman–Crippen MR) is 51.4 cm³/mol. The molecule has 1 rings (SSSR count). The van der Waals surface area contributed by atoms with E-state index < -0.39 is 0 Å². The Morgan fingerprint density at radius 3 is 2.58 bits per heavy atom. The fourth-order valence-corrected chi connectivity index (χ4v) is 0.790. The molecule has 0 saturated carbocycles. The first-order valence-electron chi connectivity index (χ1n) is 3.37. The van der Waals surface area contributed by atoms with Crippen LogP contribution in [0.1, 0.15) is 5.56 Å². The van der Waals surface area contributed by atoms with E-state index in [1.807, 2.05) is 30.3 Å². The fraction of sp³-hybridized carbons (Fsp3) is 0. The van der Waals surface area contributed by atoms with Gasteiger partial charge in [0.25, 0.3) is 0 Å². The van der Waals surface area contributed by atoms with Crippen LogP contribution in [0.3, 0.4) is 0 Å². The summed E-state index contributed by atoms with van der Waals surface area (Å²) in [5.41, 5.74) is 6.24. The van der Waals surface area contributed by atoms with Crippen molar-refractivity contribution in [1.29, 1.82) is 0 Å². The van der Waals surface area contributed by atoms with E-state index in [2.05, 4.69) is 26.2 Å². The van der Waals surface area contributed by atoms with Gasteiger partial charge in [-0.3, -0.25) is 0 Å². The first-order chi connectivity index (χ1) is 5.79. The Kier molecular flexibility index (Phi) is 3.51. The third-order valence-corrected chi connectivity index (χ3v) is 1.33. The van der Waals surface area contributed by atoms with Gasteiger partial charge in [-0.2, -0.15) is 0 Å². The van der Waals surface area contributed by atoms with E-state index in [0.29, 0.717) is 4.73 Å². The van der Waals surface area contributed by atoms with Crippen LogP contribution in [0.25, 0.3) is 0 Å². The molecule has 0 aromatic heterocycles. The average Bonchev–Trinajstić information content (AvgIpc) is 2.05. The van der Waals surface area contributed by atoms with Gasteiger partial charge in [-0.15, -0.1) is 0 Å². The van der Waals surface area contributed by atoms with Crippen LogP contribution in [0.2, 0.25) is 0 Å². The molecule has 3 nitrogen and oxygen atoms in total. The van der Waals surface area contributed by atoms with Crippen molar-refractivity contribution in [2.24, 2.45) is 15.9 Å². The number of nitrogens with zero attached hydrogens (tertiary/aromatic N) is 2. The molecule has 0 atom stereocenters. The summed E-state index contributed by atoms with van der Waals surface area (Å²) in [6, 6.07) is 9.70. The third-order valence-electron chi connectivity index (χ3n) is 1.16. The normalized spacial score (nSPS) is 12.2. The second-order valence-corrected chi connectivity index (χ2v) is 2.97. The Hall–Kier alpha value is -1.12. The molecule has 0 bridgehead atoms. The van der Waals surface area contributed by atoms with Crippen molar-refractivity contribution in [3.8, 4) is 0 Å². The summed E-state index contributed by atoms with van der Waals surface area (Å²) in [6.07, 6.45) is 1.64. The van der Waals surface area contributed by atoms with Crippen LogP contribution in [0.4, 0.5) is 0 Å². The molecular formula is C8H8N3Se. The molecule has 0 aliphatic heterocycles. The molecule has 1 aromatic rings. The molecule has 0 amide bonds. The first-order valence-corrected chi connectivity index (χ1v) is 4.23. The second kappa shape index (κ2) is 4.70. The van der Waals surface area contributed by atoms with Crippen molar-refractivity contribution in [2.75, 3.05) is 0 Å². The molecule has 0 aliphatic carbocycles. The molecule has 0 fully saturated rings. The minimum absolute atomic E-state index is 0.335. The summed E-state index contributed by atoms with van der Waals surface area (Å²) in [4.78, 5) is 0. The van der Waals surface area contributed by atoms with Crippen molar-refractivity contribution in [3.05, 3.63) is 35.9 Å². The summed E-state index contributed by atoms with van der Waals surface area (Å²) >= 11 is 2.54. The van der Waals surface area contributed by atoms with Gasteiger partial charge >= 0.3 is 78.8 Å². The van der Waals surface area contributed by atoms with Crippen molar-refractivity contribution in [2.45, 2.75) is 0 Å². The molecule has 0 unspecified atom stereocenters. The van der Waals surface area contributed by atoms with Gasteiger partial charge < -0.3 is 0 Å². The fourth-order valence-electron chi connectivity index (χ4n) is 0.692. The minimum atomic E-state index is 0.335. The Morgan fingerprint density at radius 2 is 2.00 bits per heavy atom. The van der Waals surface area contributed by atoms with Crippen molar-refractivity contribution >= 4 is 27.0 Å². The maximum atomic E-state index is 5.24. The summed E-state index contributed by atoms with van der Waals surface area (Å²) in [7, 11) is 0. The van der Waals surface area contributed by atoms with Crippen molar-refractivity contribution in [1.82, 2.24) is 0 Å². The van der Waals surface area contributed by atoms with Crippen LogP contribution in [0, 0.1) is 0 Å². The van der Waals surface area contributed by atoms with Crippen LogP contribution in [-0.2, 0) is 0 Å². The quantitative estimate of drug-likeness (QED) is 0.339. The topological polar surface area (TPSA) is 50.7 Å². The second-order valence-electron chi connectivity index (χ2n) is 2.09. The molecule has 61 valence electrons. The summed E-state index contributed by atoms with van der Waals surface area (Å²) in [5.74, 6) is 0. The summed E-state index contributed by atoms with van der Waals surface area (Å²) < 4.78 is 0.335. The molecule has 1 radical (unpaired) electrons. The maximum absolute atomic E-state index is 5.24. The van der Waals surface area contributed by atoms with Gasteiger partial charge in [-0.1, -0.05) is 0 Å². The van der Waals surface area contributed by atoms with E-state index in [4.69, 9.17) is 5.73 Å². The monoisotopic (exact) mass is 226 g/mol. The van der Waals surface area contributed by atoms with Crippen LogP contribution in [0.5, 0.6) is 0 Å². The van der Waals surface area contributed by atoms with E-state index in [-0.39, 0.29) is 0 Å². The van der Waals surface area contributed by atoms with Gasteiger partial charge in [0, 0.05) is 0 Å². The van der Waals surface area contributed by atoms with E-state index in [1.54, 1.807) is 6.21 Å². The van der Waals surface area contributed by atoms with Crippen molar-refractivity contribution < 1.29 is 0 Å². The summed E-state index contributed by atoms with van der Waals surface area (Å²) in [6.45, 7) is 0. The van der Waals surface area contributed by atoms with Crippen LogP contribution in [0.15, 0.2) is 40.5 Å². The Labute approximate surface area is 79.2 Å². The zero-order valence-corrected chi connectivity index (χ0v) is 8.06. The molecule has 0 saturated heterocycles. The van der Waals surface area contributed by atoms with Gasteiger partial charge in [0.2, 0.25) is 0 Å². The van der Waals surface area contributed by atoms with E-state index in [0.717, 1.165) is 5.56 Å². The number of rotatable bonds is 2. The van der Waals surface area contributed by atoms with Crippen LogP contribution >= 0.6 is 0 Å². The van der Waals surface area contributed by atoms with Gasteiger partial charge in [-0.25, -0.2) is 0 Å². The average molecular weight is 225 g/mol. The molecule has 2 N–H and O–H groups in total. The Bertz CT molecular complexity index is 288. The number of benzene rings is 1. The third kappa shape index (κ3) is 3.32. The van der Waals surface area contributed by atoms with E-state index >= 15 is 0 Å². The molecular weight excluding hydrogens is 217 g/mol. The molecule has 0 aliphatic rings. The van der Waals surface area contributed by atoms with Gasteiger partial charge in [0.1, 0.15) is 0 Å². The zero-order valence-electron chi connectivity index (χ0n) is 6.34. The van der Waals surface area contributed by atoms with Crippen LogP contribution < -0.4 is 5.73 Å². The molecule has 12 heavy (non-hydrogen) atoms. The molecule has 1 aromatic carbocycles. The van der Waals surface area contributed by atoms with E-state index in [9.17, 15) is 0 Å². The molecule has 0 heterocycles. The Morgan fingerprint density at radius 1 is 1.33 bits per heavy atom. The first kappa shape index (κ1) is 8.97. The molecule has 0 spiro atoms.